The molecule has 0 aliphatic heterocycles. The molecule has 7 nitrogen and oxygen atoms in total. The number of pyridine rings is 2. The summed E-state index contributed by atoms with van der Waals surface area (Å²) < 4.78 is 5.87. The van der Waals surface area contributed by atoms with Crippen LogP contribution in [0.5, 0.6) is 11.5 Å². The summed E-state index contributed by atoms with van der Waals surface area (Å²) in [5, 5.41) is 16.2. The molecule has 0 saturated carbocycles. The van der Waals surface area contributed by atoms with Crippen molar-refractivity contribution >= 4 is 22.6 Å². The highest BCUT2D eigenvalue weighted by Crippen LogP contribution is 2.26. The Morgan fingerprint density at radius 1 is 1.18 bits per heavy atom. The predicted octanol–water partition coefficient (Wildman–Crippen LogP) is 3.35. The van der Waals surface area contributed by atoms with E-state index in [1.165, 1.54) is 6.20 Å². The molecule has 0 bridgehead atoms. The Morgan fingerprint density at radius 3 is 2.75 bits per heavy atom. The van der Waals surface area contributed by atoms with Gasteiger partial charge in [0.2, 0.25) is 0 Å². The smallest absolute Gasteiger partial charge is 0.269 e. The summed E-state index contributed by atoms with van der Waals surface area (Å²) in [5.74, 6) is 1.64. The Balaban J connectivity index is 1.77. The summed E-state index contributed by atoms with van der Waals surface area (Å²) in [6, 6.07) is 12.7. The molecule has 146 valence electrons. The summed E-state index contributed by atoms with van der Waals surface area (Å²) in [6.45, 7) is 2.16. The summed E-state index contributed by atoms with van der Waals surface area (Å²) >= 11 is 0. The van der Waals surface area contributed by atoms with Crippen molar-refractivity contribution in [2.24, 2.45) is 0 Å². The van der Waals surface area contributed by atoms with Crippen molar-refractivity contribution in [3.63, 3.8) is 0 Å². The lowest BCUT2D eigenvalue weighted by Gasteiger charge is -2.16. The Morgan fingerprint density at radius 2 is 2.00 bits per heavy atom. The Kier molecular flexibility index (Phi) is 6.39. The third-order valence-electron chi connectivity index (χ3n) is 4.30. The molecule has 2 aromatic heterocycles. The molecule has 1 amide bonds. The van der Waals surface area contributed by atoms with Gasteiger partial charge in [0.25, 0.3) is 5.91 Å². The number of rotatable bonds is 8. The molecule has 3 rings (SSSR count). The van der Waals surface area contributed by atoms with Crippen LogP contribution in [-0.2, 0) is 0 Å². The quantitative estimate of drug-likeness (QED) is 0.555. The third kappa shape index (κ3) is 4.75. The van der Waals surface area contributed by atoms with Gasteiger partial charge >= 0.3 is 0 Å². The van der Waals surface area contributed by atoms with Gasteiger partial charge in [0.15, 0.2) is 0 Å². The van der Waals surface area contributed by atoms with E-state index in [0.717, 1.165) is 29.6 Å². The average Bonchev–Trinajstić information content (AvgIpc) is 2.73. The van der Waals surface area contributed by atoms with E-state index in [1.807, 2.05) is 30.3 Å². The van der Waals surface area contributed by atoms with Crippen molar-refractivity contribution in [3.05, 3.63) is 54.4 Å². The third-order valence-corrected chi connectivity index (χ3v) is 4.30. The fraction of sp³-hybridized carbons (Fsp3) is 0.286. The largest absolute Gasteiger partial charge is 0.457 e. The van der Waals surface area contributed by atoms with Gasteiger partial charge in [-0.1, -0.05) is 13.3 Å². The number of aliphatic hydroxyl groups excluding tert-OH is 1. The number of nitrogens with one attached hydrogen (secondary N) is 2. The number of fused-ring (bicyclic) bond motifs is 1. The second-order valence-electron chi connectivity index (χ2n) is 6.42. The first-order chi connectivity index (χ1) is 13.6. The number of hydrogen-bond acceptors (Lipinski definition) is 6. The van der Waals surface area contributed by atoms with E-state index < -0.39 is 0 Å². The number of ether oxygens (including phenoxy) is 1. The Bertz CT molecular complexity index is 961. The van der Waals surface area contributed by atoms with Gasteiger partial charge < -0.3 is 20.5 Å². The second kappa shape index (κ2) is 9.14. The molecule has 0 aliphatic carbocycles. The van der Waals surface area contributed by atoms with Crippen molar-refractivity contribution in [2.45, 2.75) is 25.8 Å². The standard InChI is InChI=1S/C21H24N4O3/c1-3-4-15(13-26)24-20-8-5-14-11-16(6-7-18(14)25-20)28-17-9-10-23-19(12-17)21(27)22-2/h5-12,15,26H,3-4,13H2,1-2H3,(H,22,27)(H,24,25)/t15-/m0/s1. The van der Waals surface area contributed by atoms with Gasteiger partial charge in [-0.2, -0.15) is 0 Å². The molecule has 3 aromatic rings. The van der Waals surface area contributed by atoms with Gasteiger partial charge in [-0.25, -0.2) is 4.98 Å². The minimum Gasteiger partial charge on any atom is -0.457 e. The Hall–Kier alpha value is -3.19. The van der Waals surface area contributed by atoms with Crippen molar-refractivity contribution < 1.29 is 14.6 Å². The van der Waals surface area contributed by atoms with Gasteiger partial charge in [0.1, 0.15) is 23.0 Å². The molecule has 0 aliphatic rings. The molecular formula is C21H24N4O3. The second-order valence-corrected chi connectivity index (χ2v) is 6.42. The van der Waals surface area contributed by atoms with E-state index in [-0.39, 0.29) is 18.6 Å². The monoisotopic (exact) mass is 380 g/mol. The number of carbonyl (C=O) groups is 1. The summed E-state index contributed by atoms with van der Waals surface area (Å²) in [7, 11) is 1.56. The molecule has 28 heavy (non-hydrogen) atoms. The zero-order valence-electron chi connectivity index (χ0n) is 16.0. The van der Waals surface area contributed by atoms with Crippen molar-refractivity contribution in [2.75, 3.05) is 19.0 Å². The van der Waals surface area contributed by atoms with E-state index >= 15 is 0 Å². The van der Waals surface area contributed by atoms with Gasteiger partial charge in [-0.15, -0.1) is 0 Å². The number of benzene rings is 1. The number of carbonyl (C=O) groups excluding carboxylic acids is 1. The number of anilines is 1. The maximum atomic E-state index is 11.7. The van der Waals surface area contributed by atoms with Gasteiger partial charge in [0, 0.05) is 24.7 Å². The van der Waals surface area contributed by atoms with E-state index in [9.17, 15) is 9.90 Å². The number of aromatic nitrogens is 2. The minimum atomic E-state index is -0.266. The van der Waals surface area contributed by atoms with Crippen LogP contribution in [0, 0.1) is 0 Å². The molecular weight excluding hydrogens is 356 g/mol. The van der Waals surface area contributed by atoms with Crippen LogP contribution in [0.25, 0.3) is 10.9 Å². The first kappa shape index (κ1) is 19.6. The van der Waals surface area contributed by atoms with E-state index in [2.05, 4.69) is 27.5 Å². The lowest BCUT2D eigenvalue weighted by molar-refractivity contribution is 0.0958. The molecule has 0 fully saturated rings. The van der Waals surface area contributed by atoms with Crippen LogP contribution in [0.3, 0.4) is 0 Å². The van der Waals surface area contributed by atoms with Crippen LogP contribution in [0.15, 0.2) is 48.7 Å². The highest BCUT2D eigenvalue weighted by molar-refractivity contribution is 5.92. The number of aliphatic hydroxyl groups is 1. The van der Waals surface area contributed by atoms with Crippen molar-refractivity contribution in [1.82, 2.24) is 15.3 Å². The molecule has 7 heteroatoms. The molecule has 0 spiro atoms. The van der Waals surface area contributed by atoms with E-state index in [1.54, 1.807) is 19.2 Å². The summed E-state index contributed by atoms with van der Waals surface area (Å²) in [5.41, 5.74) is 1.12. The molecule has 0 saturated heterocycles. The van der Waals surface area contributed by atoms with E-state index in [0.29, 0.717) is 17.2 Å². The SMILES string of the molecule is CCC[C@@H](CO)Nc1ccc2cc(Oc3ccnc(C(=O)NC)c3)ccc2n1. The van der Waals surface area contributed by atoms with Crippen LogP contribution in [-0.4, -0.2) is 40.7 Å². The summed E-state index contributed by atoms with van der Waals surface area (Å²) in [4.78, 5) is 20.3. The van der Waals surface area contributed by atoms with Gasteiger partial charge in [-0.05, 0) is 42.8 Å². The average molecular weight is 380 g/mol. The lowest BCUT2D eigenvalue weighted by atomic mass is 10.1. The highest BCUT2D eigenvalue weighted by atomic mass is 16.5. The van der Waals surface area contributed by atoms with E-state index in [4.69, 9.17) is 4.74 Å². The highest BCUT2D eigenvalue weighted by Gasteiger charge is 2.09. The molecule has 2 heterocycles. The van der Waals surface area contributed by atoms with Crippen molar-refractivity contribution in [1.29, 1.82) is 0 Å². The molecule has 0 unspecified atom stereocenters. The topological polar surface area (TPSA) is 96.4 Å². The molecule has 3 N–H and O–H groups in total. The maximum absolute atomic E-state index is 11.7. The Labute approximate surface area is 163 Å². The maximum Gasteiger partial charge on any atom is 0.269 e. The normalized spacial score (nSPS) is 11.8. The molecule has 1 aromatic carbocycles. The first-order valence-corrected chi connectivity index (χ1v) is 9.27. The zero-order chi connectivity index (χ0) is 19.9. The predicted molar refractivity (Wildman–Crippen MR) is 109 cm³/mol. The molecule has 1 atom stereocenters. The van der Waals surface area contributed by atoms with Gasteiger partial charge in [-0.3, -0.25) is 9.78 Å². The van der Waals surface area contributed by atoms with Gasteiger partial charge in [0.05, 0.1) is 18.2 Å². The fourth-order valence-corrected chi connectivity index (χ4v) is 2.88. The molecule has 0 radical (unpaired) electrons. The van der Waals surface area contributed by atoms with Crippen LogP contribution in [0.1, 0.15) is 30.3 Å². The number of hydrogen-bond donors (Lipinski definition) is 3. The minimum absolute atomic E-state index is 0.00114. The fourth-order valence-electron chi connectivity index (χ4n) is 2.88. The first-order valence-electron chi connectivity index (χ1n) is 9.27. The van der Waals surface area contributed by atoms with Crippen LogP contribution in [0.4, 0.5) is 5.82 Å². The zero-order valence-corrected chi connectivity index (χ0v) is 16.0. The van der Waals surface area contributed by atoms with Crippen LogP contribution >= 0.6 is 0 Å². The lowest BCUT2D eigenvalue weighted by Crippen LogP contribution is -2.23. The number of amides is 1. The van der Waals surface area contributed by atoms with Crippen LogP contribution in [0.2, 0.25) is 0 Å². The van der Waals surface area contributed by atoms with Crippen molar-refractivity contribution in [3.8, 4) is 11.5 Å². The summed E-state index contributed by atoms with van der Waals surface area (Å²) in [6.07, 6.45) is 3.41. The van der Waals surface area contributed by atoms with Crippen LogP contribution < -0.4 is 15.4 Å². The number of nitrogens with zero attached hydrogens (tertiary/aromatic N) is 2.